The molecule has 0 aliphatic rings. The highest BCUT2D eigenvalue weighted by Crippen LogP contribution is 2.26. The number of fused-ring (bicyclic) bond motifs is 1. The average Bonchev–Trinajstić information content (AvgIpc) is 3.37. The Bertz CT molecular complexity index is 1520. The van der Waals surface area contributed by atoms with Gasteiger partial charge in [0.15, 0.2) is 11.5 Å². The van der Waals surface area contributed by atoms with E-state index in [0.717, 1.165) is 16.9 Å². The molecule has 3 aromatic heterocycles. The van der Waals surface area contributed by atoms with Gasteiger partial charge in [-0.2, -0.15) is 14.9 Å². The summed E-state index contributed by atoms with van der Waals surface area (Å²) in [5, 5.41) is 13.2. The van der Waals surface area contributed by atoms with Gasteiger partial charge in [-0.3, -0.25) is 4.79 Å². The molecule has 5 aromatic rings. The predicted octanol–water partition coefficient (Wildman–Crippen LogP) is 4.83. The number of nitrogens with zero attached hydrogens (tertiary/aromatic N) is 6. The first-order valence-electron chi connectivity index (χ1n) is 10.3. The van der Waals surface area contributed by atoms with Crippen molar-refractivity contribution >= 4 is 34.4 Å². The first-order chi connectivity index (χ1) is 15.9. The van der Waals surface area contributed by atoms with E-state index in [0.29, 0.717) is 33.3 Å². The van der Waals surface area contributed by atoms with E-state index in [1.807, 2.05) is 26.0 Å². The van der Waals surface area contributed by atoms with Crippen LogP contribution in [0.4, 0.5) is 5.82 Å². The zero-order valence-corrected chi connectivity index (χ0v) is 19.0. The van der Waals surface area contributed by atoms with Crippen molar-refractivity contribution in [2.24, 2.45) is 0 Å². The van der Waals surface area contributed by atoms with E-state index in [1.165, 1.54) is 11.9 Å². The number of nitrogens with one attached hydrogen (secondary N) is 1. The Kier molecular flexibility index (Phi) is 5.14. The molecule has 9 heteroatoms. The molecule has 0 aliphatic carbocycles. The number of amides is 1. The Morgan fingerprint density at radius 3 is 2.64 bits per heavy atom. The number of hydrogen-bond acceptors (Lipinski definition) is 5. The van der Waals surface area contributed by atoms with Gasteiger partial charge >= 0.3 is 0 Å². The summed E-state index contributed by atoms with van der Waals surface area (Å²) in [5.41, 5.74) is 5.02. The Labute approximate surface area is 194 Å². The number of aromatic nitrogens is 6. The van der Waals surface area contributed by atoms with Gasteiger partial charge in [-0.25, -0.2) is 14.6 Å². The summed E-state index contributed by atoms with van der Waals surface area (Å²) < 4.78 is 3.38. The molecule has 0 atom stereocenters. The fraction of sp³-hybridized carbons (Fsp3) is 0.125. The van der Waals surface area contributed by atoms with Crippen molar-refractivity contribution < 1.29 is 4.79 Å². The smallest absolute Gasteiger partial charge is 0.256 e. The van der Waals surface area contributed by atoms with E-state index in [-0.39, 0.29) is 5.91 Å². The van der Waals surface area contributed by atoms with E-state index in [1.54, 1.807) is 45.9 Å². The zero-order valence-electron chi connectivity index (χ0n) is 18.2. The van der Waals surface area contributed by atoms with Crippen LogP contribution in [0.1, 0.15) is 27.2 Å². The van der Waals surface area contributed by atoms with Crippen molar-refractivity contribution in [1.29, 1.82) is 0 Å². The molecule has 0 saturated carbocycles. The molecule has 0 fully saturated rings. The highest BCUT2D eigenvalue weighted by molar-refractivity contribution is 6.31. The number of hydrogen-bond donors (Lipinski definition) is 1. The van der Waals surface area contributed by atoms with Gasteiger partial charge in [0.1, 0.15) is 12.1 Å². The zero-order chi connectivity index (χ0) is 23.1. The van der Waals surface area contributed by atoms with Crippen LogP contribution in [0.25, 0.3) is 22.5 Å². The topological polar surface area (TPSA) is 90.5 Å². The summed E-state index contributed by atoms with van der Waals surface area (Å²) >= 11 is 6.04. The second-order valence-corrected chi connectivity index (χ2v) is 8.26. The molecule has 0 saturated heterocycles. The van der Waals surface area contributed by atoms with Crippen LogP contribution in [0.2, 0.25) is 5.02 Å². The Morgan fingerprint density at radius 1 is 1.00 bits per heavy atom. The van der Waals surface area contributed by atoms with Crippen molar-refractivity contribution in [3.05, 3.63) is 88.5 Å². The summed E-state index contributed by atoms with van der Waals surface area (Å²) in [6.45, 7) is 5.94. The summed E-state index contributed by atoms with van der Waals surface area (Å²) in [4.78, 5) is 21.7. The van der Waals surface area contributed by atoms with Crippen LogP contribution < -0.4 is 5.32 Å². The lowest BCUT2D eigenvalue weighted by Crippen LogP contribution is -2.15. The first-order valence-corrected chi connectivity index (χ1v) is 10.7. The Balaban J connectivity index is 1.58. The fourth-order valence-corrected chi connectivity index (χ4v) is 3.98. The van der Waals surface area contributed by atoms with Crippen LogP contribution in [0.3, 0.4) is 0 Å². The lowest BCUT2D eigenvalue weighted by atomic mass is 10.1. The maximum absolute atomic E-state index is 12.8. The Morgan fingerprint density at radius 2 is 1.85 bits per heavy atom. The van der Waals surface area contributed by atoms with E-state index >= 15 is 0 Å². The molecule has 0 radical (unpaired) electrons. The van der Waals surface area contributed by atoms with Crippen molar-refractivity contribution in [2.75, 3.05) is 5.32 Å². The van der Waals surface area contributed by atoms with E-state index in [2.05, 4.69) is 38.5 Å². The van der Waals surface area contributed by atoms with Gasteiger partial charge in [0, 0.05) is 16.7 Å². The van der Waals surface area contributed by atoms with Crippen molar-refractivity contribution in [3.8, 4) is 11.5 Å². The second-order valence-electron chi connectivity index (χ2n) is 7.83. The molecule has 0 unspecified atom stereocenters. The van der Waals surface area contributed by atoms with Gasteiger partial charge in [0.2, 0.25) is 0 Å². The number of aryl methyl sites for hydroxylation is 3. The molecule has 1 amide bonds. The highest BCUT2D eigenvalue weighted by Gasteiger charge is 2.18. The highest BCUT2D eigenvalue weighted by atomic mass is 35.5. The van der Waals surface area contributed by atoms with Crippen LogP contribution in [0.15, 0.2) is 61.1 Å². The summed E-state index contributed by atoms with van der Waals surface area (Å²) in [6, 6.07) is 14.7. The van der Waals surface area contributed by atoms with Crippen LogP contribution >= 0.6 is 11.6 Å². The average molecular weight is 458 g/mol. The summed E-state index contributed by atoms with van der Waals surface area (Å²) in [6.07, 6.45) is 3.18. The third-order valence-electron chi connectivity index (χ3n) is 5.29. The number of rotatable bonds is 4. The summed E-state index contributed by atoms with van der Waals surface area (Å²) in [5.74, 6) is 0.706. The molecule has 1 N–H and O–H groups in total. The molecular formula is C24H20ClN7O. The SMILES string of the molecule is Cc1ccc(-n2ncc3c(-n4nc(C)cc4NC(=O)c4cccc(Cl)c4)ncnc32)c(C)c1. The van der Waals surface area contributed by atoms with Crippen LogP contribution in [0, 0.1) is 20.8 Å². The van der Waals surface area contributed by atoms with Gasteiger partial charge in [0.25, 0.3) is 5.91 Å². The van der Waals surface area contributed by atoms with E-state index < -0.39 is 0 Å². The molecule has 0 spiro atoms. The molecule has 5 rings (SSSR count). The first kappa shape index (κ1) is 20.8. The molecule has 33 heavy (non-hydrogen) atoms. The van der Waals surface area contributed by atoms with Gasteiger partial charge in [-0.05, 0) is 50.6 Å². The fourth-order valence-electron chi connectivity index (χ4n) is 3.79. The minimum Gasteiger partial charge on any atom is -0.306 e. The van der Waals surface area contributed by atoms with Gasteiger partial charge in [-0.1, -0.05) is 35.4 Å². The van der Waals surface area contributed by atoms with Crippen LogP contribution in [0.5, 0.6) is 0 Å². The molecule has 0 aliphatic heterocycles. The number of anilines is 1. The monoisotopic (exact) mass is 457 g/mol. The van der Waals surface area contributed by atoms with Crippen molar-refractivity contribution in [2.45, 2.75) is 20.8 Å². The minimum absolute atomic E-state index is 0.296. The Hall–Kier alpha value is -4.04. The maximum atomic E-state index is 12.8. The maximum Gasteiger partial charge on any atom is 0.256 e. The number of benzene rings is 2. The van der Waals surface area contributed by atoms with E-state index in [9.17, 15) is 4.79 Å². The van der Waals surface area contributed by atoms with E-state index in [4.69, 9.17) is 11.6 Å². The number of halogens is 1. The molecule has 2 aromatic carbocycles. The predicted molar refractivity (Wildman–Crippen MR) is 127 cm³/mol. The number of carbonyl (C=O) groups excluding carboxylic acids is 1. The molecule has 8 nitrogen and oxygen atoms in total. The standard InChI is InChI=1S/C24H20ClN7O/c1-14-7-8-20(15(2)9-14)31-22-19(12-28-31)23(27-13-26-22)32-21(10-16(3)30-32)29-24(33)17-5-4-6-18(25)11-17/h4-13H,1-3H3,(H,29,33). The molecule has 3 heterocycles. The quantitative estimate of drug-likeness (QED) is 0.417. The van der Waals surface area contributed by atoms with Gasteiger partial charge in [-0.15, -0.1) is 0 Å². The molecule has 0 bridgehead atoms. The third-order valence-corrected chi connectivity index (χ3v) is 5.52. The van der Waals surface area contributed by atoms with Crippen molar-refractivity contribution in [3.63, 3.8) is 0 Å². The van der Waals surface area contributed by atoms with Gasteiger partial charge in [0.05, 0.1) is 23.0 Å². The second kappa shape index (κ2) is 8.14. The minimum atomic E-state index is -0.296. The summed E-state index contributed by atoms with van der Waals surface area (Å²) in [7, 11) is 0. The van der Waals surface area contributed by atoms with Crippen molar-refractivity contribution in [1.82, 2.24) is 29.5 Å². The third kappa shape index (κ3) is 3.85. The number of carbonyl (C=O) groups is 1. The van der Waals surface area contributed by atoms with Gasteiger partial charge < -0.3 is 5.32 Å². The largest absolute Gasteiger partial charge is 0.306 e. The molecule has 164 valence electrons. The van der Waals surface area contributed by atoms with Crippen LogP contribution in [-0.4, -0.2) is 35.4 Å². The lowest BCUT2D eigenvalue weighted by Gasteiger charge is -2.10. The lowest BCUT2D eigenvalue weighted by molar-refractivity contribution is 0.102. The normalized spacial score (nSPS) is 11.2. The molecular weight excluding hydrogens is 438 g/mol. The van der Waals surface area contributed by atoms with Crippen LogP contribution in [-0.2, 0) is 0 Å².